The number of hydrogen-bond donors (Lipinski definition) is 1. The lowest BCUT2D eigenvalue weighted by atomic mass is 10.0. The van der Waals surface area contributed by atoms with Crippen molar-refractivity contribution in [2.45, 2.75) is 32.2 Å². The molecule has 1 N–H and O–H groups in total. The molecule has 0 amide bonds. The molecule has 0 aliphatic carbocycles. The van der Waals surface area contributed by atoms with Gasteiger partial charge in [-0.05, 0) is 43.2 Å². The van der Waals surface area contributed by atoms with Crippen molar-refractivity contribution in [3.63, 3.8) is 0 Å². The fraction of sp³-hybridized carbons (Fsp3) is 0.333. The quantitative estimate of drug-likeness (QED) is 0.844. The van der Waals surface area contributed by atoms with Crippen LogP contribution >= 0.6 is 11.6 Å². The number of benzene rings is 1. The Kier molecular flexibility index (Phi) is 3.30. The highest BCUT2D eigenvalue weighted by molar-refractivity contribution is 6.30. The molecular formula is C15H14ClF2NO. The first-order chi connectivity index (χ1) is 9.47. The van der Waals surface area contributed by atoms with Gasteiger partial charge in [0.2, 0.25) is 0 Å². The predicted molar refractivity (Wildman–Crippen MR) is 74.0 cm³/mol. The molecule has 0 radical (unpaired) electrons. The molecule has 2 atom stereocenters. The van der Waals surface area contributed by atoms with E-state index >= 15 is 0 Å². The molecule has 2 aromatic rings. The van der Waals surface area contributed by atoms with Gasteiger partial charge in [0.25, 0.3) is 0 Å². The van der Waals surface area contributed by atoms with Crippen molar-refractivity contribution >= 4 is 11.6 Å². The zero-order valence-electron chi connectivity index (χ0n) is 10.9. The Morgan fingerprint density at radius 1 is 1.30 bits per heavy atom. The van der Waals surface area contributed by atoms with Gasteiger partial charge >= 0.3 is 0 Å². The second-order valence-corrected chi connectivity index (χ2v) is 5.59. The molecule has 2 unspecified atom stereocenters. The van der Waals surface area contributed by atoms with Crippen molar-refractivity contribution in [3.05, 3.63) is 46.4 Å². The molecule has 0 bridgehead atoms. The van der Waals surface area contributed by atoms with Crippen LogP contribution in [0.4, 0.5) is 8.78 Å². The minimum Gasteiger partial charge on any atom is -0.384 e. The Balaban J connectivity index is 2.17. The van der Waals surface area contributed by atoms with E-state index in [4.69, 9.17) is 11.6 Å². The van der Waals surface area contributed by atoms with E-state index in [9.17, 15) is 13.9 Å². The largest absolute Gasteiger partial charge is 0.384 e. The lowest BCUT2D eigenvalue weighted by Crippen LogP contribution is -2.26. The van der Waals surface area contributed by atoms with Crippen molar-refractivity contribution in [2.75, 3.05) is 0 Å². The fourth-order valence-electron chi connectivity index (χ4n) is 2.86. The van der Waals surface area contributed by atoms with Crippen LogP contribution in [0.1, 0.15) is 23.8 Å². The number of halogens is 3. The Bertz CT molecular complexity index is 648. The molecular weight excluding hydrogens is 284 g/mol. The standard InChI is InChI=1S/C15H14ClF2NO/c1-8-4-13(9-5-10(16)7-11(17)6-9)19-3-2-12(18)15(20)14(8)19/h4-7,12,15,20H,2-3H2,1H3. The number of aromatic nitrogens is 1. The number of hydrogen-bond acceptors (Lipinski definition) is 1. The van der Waals surface area contributed by atoms with Gasteiger partial charge in [-0.1, -0.05) is 11.6 Å². The van der Waals surface area contributed by atoms with Crippen LogP contribution in [0.5, 0.6) is 0 Å². The molecule has 0 fully saturated rings. The number of fused-ring (bicyclic) bond motifs is 1. The van der Waals surface area contributed by atoms with Crippen LogP contribution in [0.2, 0.25) is 5.02 Å². The van der Waals surface area contributed by atoms with Crippen LogP contribution in [0.25, 0.3) is 11.3 Å². The normalized spacial score (nSPS) is 21.9. The van der Waals surface area contributed by atoms with E-state index in [1.54, 1.807) is 6.07 Å². The number of aliphatic hydroxyl groups is 1. The van der Waals surface area contributed by atoms with E-state index in [0.717, 1.165) is 11.3 Å². The van der Waals surface area contributed by atoms with Gasteiger partial charge in [-0.15, -0.1) is 0 Å². The molecule has 20 heavy (non-hydrogen) atoms. The van der Waals surface area contributed by atoms with Gasteiger partial charge in [0.05, 0.1) is 5.69 Å². The summed E-state index contributed by atoms with van der Waals surface area (Å²) in [4.78, 5) is 0. The molecule has 5 heteroatoms. The third-order valence-electron chi connectivity index (χ3n) is 3.75. The van der Waals surface area contributed by atoms with Gasteiger partial charge in [0, 0.05) is 22.8 Å². The fourth-order valence-corrected chi connectivity index (χ4v) is 3.08. The number of aliphatic hydroxyl groups excluding tert-OH is 1. The van der Waals surface area contributed by atoms with Crippen LogP contribution in [-0.4, -0.2) is 15.8 Å². The van der Waals surface area contributed by atoms with E-state index in [0.29, 0.717) is 22.8 Å². The highest BCUT2D eigenvalue weighted by atomic mass is 35.5. The molecule has 0 saturated heterocycles. The van der Waals surface area contributed by atoms with Crippen LogP contribution in [0.3, 0.4) is 0 Å². The molecule has 2 heterocycles. The van der Waals surface area contributed by atoms with Gasteiger partial charge in [-0.25, -0.2) is 8.78 Å². The molecule has 3 rings (SSSR count). The molecule has 0 saturated carbocycles. The second-order valence-electron chi connectivity index (χ2n) is 5.16. The lowest BCUT2D eigenvalue weighted by Gasteiger charge is -2.26. The van der Waals surface area contributed by atoms with Gasteiger partial charge in [0.15, 0.2) is 0 Å². The topological polar surface area (TPSA) is 25.2 Å². The van der Waals surface area contributed by atoms with Gasteiger partial charge in [-0.2, -0.15) is 0 Å². The van der Waals surface area contributed by atoms with Crippen LogP contribution in [0.15, 0.2) is 24.3 Å². The first-order valence-corrected chi connectivity index (χ1v) is 6.84. The first kappa shape index (κ1) is 13.6. The summed E-state index contributed by atoms with van der Waals surface area (Å²) in [7, 11) is 0. The molecule has 1 aromatic carbocycles. The van der Waals surface area contributed by atoms with Crippen molar-refractivity contribution in [1.82, 2.24) is 4.57 Å². The van der Waals surface area contributed by atoms with Gasteiger partial charge < -0.3 is 9.67 Å². The van der Waals surface area contributed by atoms with E-state index < -0.39 is 18.1 Å². The number of rotatable bonds is 1. The molecule has 1 aromatic heterocycles. The highest BCUT2D eigenvalue weighted by Gasteiger charge is 2.31. The molecule has 106 valence electrons. The Morgan fingerprint density at radius 2 is 2.05 bits per heavy atom. The Hall–Kier alpha value is -1.39. The summed E-state index contributed by atoms with van der Waals surface area (Å²) in [5.74, 6) is -0.416. The summed E-state index contributed by atoms with van der Waals surface area (Å²) < 4.78 is 29.0. The zero-order chi connectivity index (χ0) is 14.4. The van der Waals surface area contributed by atoms with E-state index in [1.165, 1.54) is 12.1 Å². The maximum absolute atomic E-state index is 13.6. The SMILES string of the molecule is Cc1cc(-c2cc(F)cc(Cl)c2)n2c1C(O)C(F)CC2. The summed E-state index contributed by atoms with van der Waals surface area (Å²) in [5, 5.41) is 10.3. The van der Waals surface area contributed by atoms with Crippen LogP contribution in [-0.2, 0) is 6.54 Å². The third-order valence-corrected chi connectivity index (χ3v) is 3.97. The summed E-state index contributed by atoms with van der Waals surface area (Å²) in [6, 6.07) is 6.13. The van der Waals surface area contributed by atoms with Crippen molar-refractivity contribution < 1.29 is 13.9 Å². The number of nitrogens with zero attached hydrogens (tertiary/aromatic N) is 1. The summed E-state index contributed by atoms with van der Waals surface area (Å²) in [5.41, 5.74) is 2.76. The first-order valence-electron chi connectivity index (χ1n) is 6.46. The molecule has 2 nitrogen and oxygen atoms in total. The highest BCUT2D eigenvalue weighted by Crippen LogP contribution is 2.37. The van der Waals surface area contributed by atoms with Crippen LogP contribution < -0.4 is 0 Å². The third kappa shape index (κ3) is 2.13. The maximum Gasteiger partial charge on any atom is 0.133 e. The Morgan fingerprint density at radius 3 is 2.75 bits per heavy atom. The monoisotopic (exact) mass is 297 g/mol. The smallest absolute Gasteiger partial charge is 0.133 e. The van der Waals surface area contributed by atoms with E-state index in [2.05, 4.69) is 0 Å². The van der Waals surface area contributed by atoms with E-state index in [1.807, 2.05) is 17.6 Å². The van der Waals surface area contributed by atoms with Crippen LogP contribution in [0, 0.1) is 12.7 Å². The maximum atomic E-state index is 13.6. The molecule has 0 spiro atoms. The molecule has 1 aliphatic heterocycles. The zero-order valence-corrected chi connectivity index (χ0v) is 11.7. The number of alkyl halides is 1. The average molecular weight is 298 g/mol. The lowest BCUT2D eigenvalue weighted by molar-refractivity contribution is 0.0487. The minimum atomic E-state index is -1.25. The Labute approximate surface area is 120 Å². The van der Waals surface area contributed by atoms with Gasteiger partial charge in [-0.3, -0.25) is 0 Å². The second kappa shape index (κ2) is 4.86. The average Bonchev–Trinajstić information content (AvgIpc) is 2.71. The number of aryl methyl sites for hydroxylation is 1. The minimum absolute atomic E-state index is 0.248. The summed E-state index contributed by atoms with van der Waals surface area (Å²) >= 11 is 5.88. The molecule has 1 aliphatic rings. The predicted octanol–water partition coefficient (Wildman–Crippen LogP) is 4.03. The van der Waals surface area contributed by atoms with Crippen molar-refractivity contribution in [2.24, 2.45) is 0 Å². The summed E-state index contributed by atoms with van der Waals surface area (Å²) in [6.45, 7) is 2.28. The van der Waals surface area contributed by atoms with E-state index in [-0.39, 0.29) is 6.42 Å². The summed E-state index contributed by atoms with van der Waals surface area (Å²) in [6.07, 6.45) is -2.13. The van der Waals surface area contributed by atoms with Crippen molar-refractivity contribution in [3.8, 4) is 11.3 Å². The van der Waals surface area contributed by atoms with Gasteiger partial charge in [0.1, 0.15) is 18.1 Å². The van der Waals surface area contributed by atoms with Crippen molar-refractivity contribution in [1.29, 1.82) is 0 Å².